The van der Waals surface area contributed by atoms with Gasteiger partial charge in [-0.1, -0.05) is 31.9 Å². The number of para-hydroxylation sites is 2. The van der Waals surface area contributed by atoms with Crippen LogP contribution in [-0.4, -0.2) is 50.0 Å². The Morgan fingerprint density at radius 2 is 2.00 bits per heavy atom. The second-order valence-corrected chi connectivity index (χ2v) is 7.57. The molecule has 0 bridgehead atoms. The fraction of sp³-hybridized carbons (Fsp3) is 0.667. The first-order valence-electron chi connectivity index (χ1n) is 9.98. The number of nitrogens with zero attached hydrogens (tertiary/aromatic N) is 1. The highest BCUT2D eigenvalue weighted by atomic mass is 127. The minimum atomic E-state index is -0.273. The lowest BCUT2D eigenvalue weighted by Crippen LogP contribution is -2.44. The number of aliphatic hydroxyl groups is 1. The maximum Gasteiger partial charge on any atom is 0.191 e. The molecule has 0 spiro atoms. The number of hydrogen-bond acceptors (Lipinski definition) is 4. The van der Waals surface area contributed by atoms with Gasteiger partial charge in [0.25, 0.3) is 0 Å². The first-order valence-corrected chi connectivity index (χ1v) is 9.98. The van der Waals surface area contributed by atoms with Crippen LogP contribution in [0, 0.1) is 5.41 Å². The van der Waals surface area contributed by atoms with Gasteiger partial charge in [0.15, 0.2) is 17.5 Å². The minimum Gasteiger partial charge on any atom is -0.493 e. The average Bonchev–Trinajstić information content (AvgIpc) is 2.67. The van der Waals surface area contributed by atoms with Crippen molar-refractivity contribution in [3.05, 3.63) is 24.3 Å². The standard InChI is InChI=1S/C21H35N3O3.HI/c1-5-22-20(24-15-21(3)13-9-8-12-19(21)25)23-14-16(2)27-18-11-7-6-10-17(18)26-4;/h6-7,10-11,16,19,25H,5,8-9,12-15H2,1-4H3,(H2,22,23,24);1H. The molecular weight excluding hydrogens is 469 g/mol. The lowest BCUT2D eigenvalue weighted by molar-refractivity contribution is 0.00715. The van der Waals surface area contributed by atoms with E-state index in [1.165, 1.54) is 0 Å². The first kappa shape index (κ1) is 24.8. The van der Waals surface area contributed by atoms with E-state index in [0.717, 1.165) is 49.7 Å². The van der Waals surface area contributed by atoms with Crippen molar-refractivity contribution in [1.29, 1.82) is 0 Å². The monoisotopic (exact) mass is 505 g/mol. The molecule has 1 fully saturated rings. The number of halogens is 1. The molecule has 0 heterocycles. The summed E-state index contributed by atoms with van der Waals surface area (Å²) in [4.78, 5) is 4.73. The van der Waals surface area contributed by atoms with E-state index in [4.69, 9.17) is 14.5 Å². The normalized spacial score (nSPS) is 23.3. The van der Waals surface area contributed by atoms with Gasteiger partial charge in [-0.3, -0.25) is 4.99 Å². The van der Waals surface area contributed by atoms with Gasteiger partial charge in [0, 0.05) is 12.0 Å². The molecule has 0 radical (unpaired) electrons. The van der Waals surface area contributed by atoms with Gasteiger partial charge in [-0.05, 0) is 38.8 Å². The Bertz CT molecular complexity index is 614. The molecule has 1 saturated carbocycles. The van der Waals surface area contributed by atoms with Gasteiger partial charge in [-0.2, -0.15) is 0 Å². The van der Waals surface area contributed by atoms with Crippen LogP contribution >= 0.6 is 24.0 Å². The van der Waals surface area contributed by atoms with Crippen LogP contribution in [0.2, 0.25) is 0 Å². The van der Waals surface area contributed by atoms with Gasteiger partial charge in [0.2, 0.25) is 0 Å². The second-order valence-electron chi connectivity index (χ2n) is 7.57. The smallest absolute Gasteiger partial charge is 0.191 e. The zero-order chi connectivity index (χ0) is 19.7. The minimum absolute atomic E-state index is 0. The lowest BCUT2D eigenvalue weighted by Gasteiger charge is -2.37. The van der Waals surface area contributed by atoms with Crippen molar-refractivity contribution < 1.29 is 14.6 Å². The highest BCUT2D eigenvalue weighted by Gasteiger charge is 2.35. The van der Waals surface area contributed by atoms with Crippen LogP contribution in [0.5, 0.6) is 11.5 Å². The summed E-state index contributed by atoms with van der Waals surface area (Å²) >= 11 is 0. The van der Waals surface area contributed by atoms with E-state index in [0.29, 0.717) is 13.1 Å². The third kappa shape index (κ3) is 7.31. The lowest BCUT2D eigenvalue weighted by atomic mass is 9.73. The predicted octanol–water partition coefficient (Wildman–Crippen LogP) is 3.58. The average molecular weight is 505 g/mol. The number of benzene rings is 1. The summed E-state index contributed by atoms with van der Waals surface area (Å²) in [6, 6.07) is 7.64. The number of hydrogen-bond donors (Lipinski definition) is 3. The Balaban J connectivity index is 0.00000392. The Labute approximate surface area is 186 Å². The summed E-state index contributed by atoms with van der Waals surface area (Å²) in [5.74, 6) is 2.21. The van der Waals surface area contributed by atoms with Crippen LogP contribution in [0.15, 0.2) is 29.3 Å². The van der Waals surface area contributed by atoms with Crippen molar-refractivity contribution in [3.63, 3.8) is 0 Å². The highest BCUT2D eigenvalue weighted by Crippen LogP contribution is 2.36. The van der Waals surface area contributed by atoms with E-state index in [-0.39, 0.29) is 41.6 Å². The first-order chi connectivity index (χ1) is 13.0. The van der Waals surface area contributed by atoms with E-state index in [1.54, 1.807) is 7.11 Å². The number of nitrogens with one attached hydrogen (secondary N) is 2. The van der Waals surface area contributed by atoms with Crippen LogP contribution in [0.25, 0.3) is 0 Å². The van der Waals surface area contributed by atoms with E-state index in [9.17, 15) is 5.11 Å². The van der Waals surface area contributed by atoms with Crippen molar-refractivity contribution in [3.8, 4) is 11.5 Å². The number of methoxy groups -OCH3 is 1. The third-order valence-corrected chi connectivity index (χ3v) is 5.18. The van der Waals surface area contributed by atoms with E-state index in [2.05, 4.69) is 17.6 Å². The number of ether oxygens (including phenoxy) is 2. The maximum atomic E-state index is 10.4. The van der Waals surface area contributed by atoms with Gasteiger partial charge in [-0.25, -0.2) is 0 Å². The molecule has 1 aliphatic rings. The molecule has 0 aliphatic heterocycles. The molecule has 1 aliphatic carbocycles. The van der Waals surface area contributed by atoms with Crippen molar-refractivity contribution in [2.24, 2.45) is 10.4 Å². The molecule has 3 unspecified atom stereocenters. The molecule has 0 saturated heterocycles. The largest absolute Gasteiger partial charge is 0.493 e. The zero-order valence-corrected chi connectivity index (χ0v) is 19.9. The van der Waals surface area contributed by atoms with Crippen molar-refractivity contribution >= 4 is 29.9 Å². The molecule has 0 amide bonds. The zero-order valence-electron chi connectivity index (χ0n) is 17.5. The Morgan fingerprint density at radius 1 is 1.29 bits per heavy atom. The quantitative estimate of drug-likeness (QED) is 0.286. The van der Waals surface area contributed by atoms with Crippen molar-refractivity contribution in [1.82, 2.24) is 10.6 Å². The summed E-state index contributed by atoms with van der Waals surface area (Å²) in [5.41, 5.74) is -0.139. The molecule has 2 rings (SSSR count). The van der Waals surface area contributed by atoms with Crippen LogP contribution in [0.1, 0.15) is 46.5 Å². The molecule has 6 nitrogen and oxygen atoms in total. The van der Waals surface area contributed by atoms with Gasteiger partial charge >= 0.3 is 0 Å². The maximum absolute atomic E-state index is 10.4. The fourth-order valence-electron chi connectivity index (χ4n) is 3.38. The van der Waals surface area contributed by atoms with Crippen LogP contribution in [0.4, 0.5) is 0 Å². The molecule has 1 aromatic carbocycles. The van der Waals surface area contributed by atoms with Crippen LogP contribution in [0.3, 0.4) is 0 Å². The summed E-state index contributed by atoms with van der Waals surface area (Å²) in [5, 5.41) is 17.0. The number of guanidine groups is 1. The molecule has 7 heteroatoms. The number of rotatable bonds is 8. The molecular formula is C21H36IN3O3. The van der Waals surface area contributed by atoms with Gasteiger partial charge < -0.3 is 25.2 Å². The number of aliphatic imine (C=N–C) groups is 1. The molecule has 1 aromatic rings. The van der Waals surface area contributed by atoms with Crippen molar-refractivity contribution in [2.75, 3.05) is 26.7 Å². The molecule has 160 valence electrons. The second kappa shape index (κ2) is 12.4. The SMILES string of the molecule is CCNC(=NCC1(C)CCCCC1O)NCC(C)Oc1ccccc1OC.I. The fourth-order valence-corrected chi connectivity index (χ4v) is 3.38. The summed E-state index contributed by atoms with van der Waals surface area (Å²) in [7, 11) is 1.64. The van der Waals surface area contributed by atoms with Crippen LogP contribution in [-0.2, 0) is 0 Å². The Kier molecular flexibility index (Phi) is 11.0. The number of aliphatic hydroxyl groups excluding tert-OH is 1. The van der Waals surface area contributed by atoms with Gasteiger partial charge in [0.05, 0.1) is 26.3 Å². The third-order valence-electron chi connectivity index (χ3n) is 5.18. The molecule has 3 atom stereocenters. The van der Waals surface area contributed by atoms with Crippen molar-refractivity contribution in [2.45, 2.75) is 58.7 Å². The Hall–Kier alpha value is -1.22. The Morgan fingerprint density at radius 3 is 2.64 bits per heavy atom. The summed E-state index contributed by atoms with van der Waals surface area (Å²) in [6.07, 6.45) is 3.84. The van der Waals surface area contributed by atoms with Crippen LogP contribution < -0.4 is 20.1 Å². The van der Waals surface area contributed by atoms with E-state index in [1.807, 2.05) is 38.1 Å². The predicted molar refractivity (Wildman–Crippen MR) is 125 cm³/mol. The summed E-state index contributed by atoms with van der Waals surface area (Å²) in [6.45, 7) is 8.21. The topological polar surface area (TPSA) is 75.1 Å². The van der Waals surface area contributed by atoms with E-state index < -0.39 is 0 Å². The molecule has 3 N–H and O–H groups in total. The molecule has 28 heavy (non-hydrogen) atoms. The highest BCUT2D eigenvalue weighted by molar-refractivity contribution is 14.0. The van der Waals surface area contributed by atoms with E-state index >= 15 is 0 Å². The van der Waals surface area contributed by atoms with Gasteiger partial charge in [-0.15, -0.1) is 24.0 Å². The van der Waals surface area contributed by atoms with Gasteiger partial charge in [0.1, 0.15) is 6.10 Å². The summed E-state index contributed by atoms with van der Waals surface area (Å²) < 4.78 is 11.3. The molecule has 0 aromatic heterocycles.